The first-order valence-electron chi connectivity index (χ1n) is 5.97. The quantitative estimate of drug-likeness (QED) is 0.729. The first-order valence-corrected chi connectivity index (χ1v) is 7.58. The first kappa shape index (κ1) is 15.4. The number of methoxy groups -OCH3 is 1. The van der Waals surface area contributed by atoms with E-state index in [-0.39, 0.29) is 31.4 Å². The molecule has 1 aliphatic rings. The number of hydrogen-bond donors (Lipinski definition) is 1. The van der Waals surface area contributed by atoms with E-state index in [1.807, 2.05) is 13.8 Å². The highest BCUT2D eigenvalue weighted by molar-refractivity contribution is 7.89. The average Bonchev–Trinajstić information content (AvgIpc) is 2.21. The van der Waals surface area contributed by atoms with Crippen molar-refractivity contribution in [3.05, 3.63) is 0 Å². The maximum absolute atomic E-state index is 12.0. The van der Waals surface area contributed by atoms with Crippen LogP contribution in [0.15, 0.2) is 0 Å². The van der Waals surface area contributed by atoms with Gasteiger partial charge in [0.2, 0.25) is 10.0 Å². The highest BCUT2D eigenvalue weighted by atomic mass is 32.2. The Balaban J connectivity index is 2.67. The van der Waals surface area contributed by atoms with Gasteiger partial charge in [-0.1, -0.05) is 20.3 Å². The monoisotopic (exact) mass is 279 g/mol. The predicted molar refractivity (Wildman–Crippen MR) is 66.8 cm³/mol. The number of carboxylic acid groups (broad SMARTS) is 1. The van der Waals surface area contributed by atoms with Crippen molar-refractivity contribution in [1.29, 1.82) is 0 Å². The van der Waals surface area contributed by atoms with Crippen molar-refractivity contribution in [2.75, 3.05) is 32.6 Å². The van der Waals surface area contributed by atoms with Crippen LogP contribution in [0, 0.1) is 11.3 Å². The highest BCUT2D eigenvalue weighted by Gasteiger charge is 2.53. The summed E-state index contributed by atoms with van der Waals surface area (Å²) in [5.41, 5.74) is -1.07. The number of carbonyl (C=O) groups is 1. The van der Waals surface area contributed by atoms with E-state index in [2.05, 4.69) is 0 Å². The number of nitrogens with zero attached hydrogens (tertiary/aromatic N) is 1. The van der Waals surface area contributed by atoms with Crippen molar-refractivity contribution in [2.24, 2.45) is 11.3 Å². The fraction of sp³-hybridized carbons (Fsp3) is 0.909. The molecule has 1 aliphatic heterocycles. The summed E-state index contributed by atoms with van der Waals surface area (Å²) < 4.78 is 30.1. The van der Waals surface area contributed by atoms with E-state index in [9.17, 15) is 13.2 Å². The molecular formula is C11H21NO5S. The third-order valence-electron chi connectivity index (χ3n) is 3.42. The lowest BCUT2D eigenvalue weighted by molar-refractivity contribution is -0.161. The summed E-state index contributed by atoms with van der Waals surface area (Å²) in [4.78, 5) is 11.1. The van der Waals surface area contributed by atoms with Gasteiger partial charge in [0.1, 0.15) is 5.41 Å². The Hall–Kier alpha value is -0.660. The molecule has 0 spiro atoms. The molecule has 106 valence electrons. The molecular weight excluding hydrogens is 258 g/mol. The van der Waals surface area contributed by atoms with Crippen LogP contribution in [0.25, 0.3) is 0 Å². The van der Waals surface area contributed by atoms with Crippen LogP contribution in [0.2, 0.25) is 0 Å². The molecule has 0 aromatic carbocycles. The molecule has 1 atom stereocenters. The van der Waals surface area contributed by atoms with Gasteiger partial charge in [-0.2, -0.15) is 4.31 Å². The van der Waals surface area contributed by atoms with E-state index in [1.165, 1.54) is 11.4 Å². The predicted octanol–water partition coefficient (Wildman–Crippen LogP) is 0.395. The van der Waals surface area contributed by atoms with Gasteiger partial charge in [0, 0.05) is 20.2 Å². The molecule has 0 saturated carbocycles. The van der Waals surface area contributed by atoms with Gasteiger partial charge in [-0.25, -0.2) is 8.42 Å². The fourth-order valence-corrected chi connectivity index (χ4v) is 4.03. The number of rotatable bonds is 7. The largest absolute Gasteiger partial charge is 0.481 e. The maximum atomic E-state index is 12.0. The molecule has 1 fully saturated rings. The minimum absolute atomic E-state index is 0.00887. The van der Waals surface area contributed by atoms with Gasteiger partial charge >= 0.3 is 5.97 Å². The van der Waals surface area contributed by atoms with Gasteiger partial charge < -0.3 is 9.84 Å². The standard InChI is InChI=1S/C11H21NO5S/c1-4-9(2)5-18(15,16)12-6-11(7-12,8-17-3)10(13)14/h9H,4-8H2,1-3H3,(H,13,14). The van der Waals surface area contributed by atoms with Gasteiger partial charge in [-0.05, 0) is 5.92 Å². The second-order valence-electron chi connectivity index (χ2n) is 5.08. The van der Waals surface area contributed by atoms with Crippen LogP contribution >= 0.6 is 0 Å². The molecule has 7 heteroatoms. The molecule has 0 aromatic heterocycles. The number of hydrogen-bond acceptors (Lipinski definition) is 4. The lowest BCUT2D eigenvalue weighted by Crippen LogP contribution is -2.64. The van der Waals surface area contributed by atoms with Crippen LogP contribution in [-0.4, -0.2) is 56.4 Å². The summed E-state index contributed by atoms with van der Waals surface area (Å²) in [6.07, 6.45) is 0.787. The van der Waals surface area contributed by atoms with Crippen molar-refractivity contribution in [3.63, 3.8) is 0 Å². The zero-order valence-corrected chi connectivity index (χ0v) is 11.9. The first-order chi connectivity index (χ1) is 8.27. The van der Waals surface area contributed by atoms with E-state index in [1.54, 1.807) is 0 Å². The fourth-order valence-electron chi connectivity index (χ4n) is 1.97. The van der Waals surface area contributed by atoms with Crippen molar-refractivity contribution >= 4 is 16.0 Å². The third-order valence-corrected chi connectivity index (χ3v) is 5.45. The van der Waals surface area contributed by atoms with Gasteiger partial charge in [-0.3, -0.25) is 4.79 Å². The highest BCUT2D eigenvalue weighted by Crippen LogP contribution is 2.34. The normalized spacial score (nSPS) is 21.3. The minimum Gasteiger partial charge on any atom is -0.481 e. The number of ether oxygens (including phenoxy) is 1. The van der Waals surface area contributed by atoms with Gasteiger partial charge in [0.05, 0.1) is 12.4 Å². The molecule has 1 saturated heterocycles. The van der Waals surface area contributed by atoms with Crippen LogP contribution in [0.3, 0.4) is 0 Å². The second kappa shape index (κ2) is 5.54. The zero-order valence-electron chi connectivity index (χ0n) is 11.0. The van der Waals surface area contributed by atoms with Crippen LogP contribution in [0.1, 0.15) is 20.3 Å². The van der Waals surface area contributed by atoms with Crippen LogP contribution in [0.5, 0.6) is 0 Å². The summed E-state index contributed by atoms with van der Waals surface area (Å²) in [5.74, 6) is -0.844. The van der Waals surface area contributed by atoms with E-state index in [0.29, 0.717) is 0 Å². The maximum Gasteiger partial charge on any atom is 0.314 e. The number of sulfonamides is 1. The molecule has 1 rings (SSSR count). The Morgan fingerprint density at radius 3 is 2.44 bits per heavy atom. The number of aliphatic carboxylic acids is 1. The zero-order chi connectivity index (χ0) is 14.0. The van der Waals surface area contributed by atoms with E-state index in [0.717, 1.165) is 6.42 Å². The van der Waals surface area contributed by atoms with Crippen molar-refractivity contribution < 1.29 is 23.1 Å². The SMILES string of the molecule is CCC(C)CS(=O)(=O)N1CC(COC)(C(=O)O)C1. The Labute approximate surface area is 108 Å². The summed E-state index contributed by atoms with van der Waals surface area (Å²) in [6.45, 7) is 3.86. The molecule has 1 heterocycles. The van der Waals surface area contributed by atoms with E-state index >= 15 is 0 Å². The summed E-state index contributed by atoms with van der Waals surface area (Å²) in [6, 6.07) is 0. The van der Waals surface area contributed by atoms with Crippen molar-refractivity contribution in [3.8, 4) is 0 Å². The molecule has 1 unspecified atom stereocenters. The Kier molecular flexibility index (Phi) is 4.74. The molecule has 1 N–H and O–H groups in total. The van der Waals surface area contributed by atoms with Crippen LogP contribution in [0.4, 0.5) is 0 Å². The van der Waals surface area contributed by atoms with Gasteiger partial charge in [-0.15, -0.1) is 0 Å². The Bertz CT molecular complexity index is 400. The minimum atomic E-state index is -3.34. The lowest BCUT2D eigenvalue weighted by atomic mass is 9.83. The van der Waals surface area contributed by atoms with Crippen molar-refractivity contribution in [2.45, 2.75) is 20.3 Å². The molecule has 0 bridgehead atoms. The molecule has 0 aromatic rings. The smallest absolute Gasteiger partial charge is 0.314 e. The third kappa shape index (κ3) is 3.02. The van der Waals surface area contributed by atoms with Gasteiger partial charge in [0.15, 0.2) is 0 Å². The summed E-state index contributed by atoms with van der Waals surface area (Å²) in [7, 11) is -1.93. The summed E-state index contributed by atoms with van der Waals surface area (Å²) >= 11 is 0. The lowest BCUT2D eigenvalue weighted by Gasteiger charge is -2.45. The number of carboxylic acids is 1. The Morgan fingerprint density at radius 1 is 1.50 bits per heavy atom. The average molecular weight is 279 g/mol. The molecule has 0 aliphatic carbocycles. The molecule has 18 heavy (non-hydrogen) atoms. The Morgan fingerprint density at radius 2 is 2.06 bits per heavy atom. The topological polar surface area (TPSA) is 83.9 Å². The van der Waals surface area contributed by atoms with Gasteiger partial charge in [0.25, 0.3) is 0 Å². The molecule has 0 amide bonds. The second-order valence-corrected chi connectivity index (χ2v) is 7.09. The van der Waals surface area contributed by atoms with E-state index in [4.69, 9.17) is 9.84 Å². The summed E-state index contributed by atoms with van der Waals surface area (Å²) in [5, 5.41) is 9.12. The molecule has 6 nitrogen and oxygen atoms in total. The van der Waals surface area contributed by atoms with Crippen LogP contribution in [-0.2, 0) is 19.6 Å². The molecule has 0 radical (unpaired) electrons. The van der Waals surface area contributed by atoms with Crippen molar-refractivity contribution in [1.82, 2.24) is 4.31 Å². The van der Waals surface area contributed by atoms with Crippen LogP contribution < -0.4 is 0 Å². The van der Waals surface area contributed by atoms with E-state index < -0.39 is 21.4 Å².